The van der Waals surface area contributed by atoms with Crippen LogP contribution in [0, 0.1) is 19.8 Å². The highest BCUT2D eigenvalue weighted by Crippen LogP contribution is 2.34. The van der Waals surface area contributed by atoms with Crippen LogP contribution in [0.15, 0.2) is 42.5 Å². The van der Waals surface area contributed by atoms with Crippen LogP contribution in [0.3, 0.4) is 0 Å². The Labute approximate surface area is 225 Å². The van der Waals surface area contributed by atoms with Crippen molar-refractivity contribution in [3.63, 3.8) is 0 Å². The summed E-state index contributed by atoms with van der Waals surface area (Å²) in [5, 5.41) is 0.435. The lowest BCUT2D eigenvalue weighted by atomic mass is 9.90. The van der Waals surface area contributed by atoms with Crippen molar-refractivity contribution in [2.45, 2.75) is 47.3 Å². The molecule has 0 aliphatic carbocycles. The number of aromatic nitrogens is 1. The Morgan fingerprint density at radius 3 is 2.29 bits per heavy atom. The van der Waals surface area contributed by atoms with E-state index < -0.39 is 5.97 Å². The third-order valence-electron chi connectivity index (χ3n) is 5.56. The number of esters is 1. The molecule has 5 nitrogen and oxygen atoms in total. The molecule has 35 heavy (non-hydrogen) atoms. The fourth-order valence-electron chi connectivity index (χ4n) is 3.91. The second-order valence-electron chi connectivity index (χ2n) is 8.56. The van der Waals surface area contributed by atoms with Crippen molar-refractivity contribution in [3.8, 4) is 16.9 Å². The number of carbonyl (C=O) groups excluding carboxylic acids is 1. The molecule has 0 saturated carbocycles. The van der Waals surface area contributed by atoms with Gasteiger partial charge in [-0.1, -0.05) is 55.3 Å². The number of carbonyl (C=O) groups is 1. The van der Waals surface area contributed by atoms with E-state index >= 15 is 0 Å². The third-order valence-corrected chi connectivity index (χ3v) is 5.79. The molecule has 3 aromatic rings. The van der Waals surface area contributed by atoms with Crippen LogP contribution in [-0.4, -0.2) is 18.1 Å². The number of hydrogen-bond donors (Lipinski definition) is 1. The van der Waals surface area contributed by atoms with Gasteiger partial charge in [0.25, 0.3) is 0 Å². The standard InChI is InChI=1S/C27H31ClN2O3.2ClH/c1-16(2)12-24-22(14-29)26(19-8-6-17(3)7-9-19)23(18(4)30-24)15-33-25-11-10-20(28)13-21(25)27(31)32-5;;/h6-11,13,16H,12,14-15,29H2,1-5H3;2*1H. The van der Waals surface area contributed by atoms with Gasteiger partial charge in [-0.15, -0.1) is 24.8 Å². The zero-order chi connectivity index (χ0) is 24.1. The van der Waals surface area contributed by atoms with E-state index in [0.717, 1.165) is 40.1 Å². The number of ether oxygens (including phenoxy) is 2. The number of rotatable bonds is 8. The second kappa shape index (κ2) is 13.7. The molecule has 0 spiro atoms. The molecule has 0 fully saturated rings. The summed E-state index contributed by atoms with van der Waals surface area (Å²) in [6.07, 6.45) is 0.844. The molecular formula is C27H33Cl3N2O3. The number of methoxy groups -OCH3 is 1. The molecule has 8 heteroatoms. The Balaban J connectivity index is 0.00000306. The van der Waals surface area contributed by atoms with Gasteiger partial charge in [0.1, 0.15) is 17.9 Å². The topological polar surface area (TPSA) is 74.4 Å². The minimum Gasteiger partial charge on any atom is -0.488 e. The van der Waals surface area contributed by atoms with Crippen LogP contribution in [0.2, 0.25) is 5.02 Å². The molecule has 0 saturated heterocycles. The molecule has 2 N–H and O–H groups in total. The first-order chi connectivity index (χ1) is 15.7. The lowest BCUT2D eigenvalue weighted by molar-refractivity contribution is 0.0595. The number of pyridine rings is 1. The van der Waals surface area contributed by atoms with Gasteiger partial charge in [0, 0.05) is 28.5 Å². The molecule has 190 valence electrons. The average molecular weight is 540 g/mol. The van der Waals surface area contributed by atoms with E-state index in [1.54, 1.807) is 18.2 Å². The van der Waals surface area contributed by atoms with Crippen molar-refractivity contribution < 1.29 is 14.3 Å². The second-order valence-corrected chi connectivity index (χ2v) is 9.00. The van der Waals surface area contributed by atoms with Crippen LogP contribution in [-0.2, 0) is 24.3 Å². The minimum absolute atomic E-state index is 0. The molecule has 3 rings (SSSR count). The van der Waals surface area contributed by atoms with Crippen LogP contribution < -0.4 is 10.5 Å². The fraction of sp³-hybridized carbons (Fsp3) is 0.333. The van der Waals surface area contributed by atoms with Crippen molar-refractivity contribution in [1.82, 2.24) is 4.98 Å². The van der Waals surface area contributed by atoms with Crippen molar-refractivity contribution in [2.24, 2.45) is 11.7 Å². The summed E-state index contributed by atoms with van der Waals surface area (Å²) in [6.45, 7) is 9.00. The Morgan fingerprint density at radius 1 is 1.06 bits per heavy atom. The lowest BCUT2D eigenvalue weighted by Crippen LogP contribution is -2.15. The number of nitrogens with two attached hydrogens (primary N) is 1. The molecule has 0 amide bonds. The molecule has 0 aliphatic rings. The van der Waals surface area contributed by atoms with Crippen LogP contribution in [0.25, 0.3) is 11.1 Å². The molecule has 0 atom stereocenters. The highest BCUT2D eigenvalue weighted by atomic mass is 35.5. The average Bonchev–Trinajstić information content (AvgIpc) is 2.78. The largest absolute Gasteiger partial charge is 0.488 e. The monoisotopic (exact) mass is 538 g/mol. The van der Waals surface area contributed by atoms with E-state index in [-0.39, 0.29) is 37.0 Å². The smallest absolute Gasteiger partial charge is 0.341 e. The van der Waals surface area contributed by atoms with Gasteiger partial charge in [-0.3, -0.25) is 4.98 Å². The van der Waals surface area contributed by atoms with Crippen LogP contribution in [0.1, 0.15) is 52.3 Å². The molecule has 1 aromatic heterocycles. The summed E-state index contributed by atoms with van der Waals surface area (Å²) in [7, 11) is 1.33. The van der Waals surface area contributed by atoms with Gasteiger partial charge < -0.3 is 15.2 Å². The van der Waals surface area contributed by atoms with E-state index in [1.807, 2.05) is 6.92 Å². The Hall–Kier alpha value is -2.31. The van der Waals surface area contributed by atoms with Crippen molar-refractivity contribution in [2.75, 3.05) is 7.11 Å². The van der Waals surface area contributed by atoms with Crippen LogP contribution in [0.4, 0.5) is 0 Å². The summed E-state index contributed by atoms with van der Waals surface area (Å²) >= 11 is 6.09. The van der Waals surface area contributed by atoms with E-state index in [9.17, 15) is 4.79 Å². The van der Waals surface area contributed by atoms with Gasteiger partial charge in [-0.25, -0.2) is 4.79 Å². The van der Waals surface area contributed by atoms with Gasteiger partial charge in [-0.2, -0.15) is 0 Å². The zero-order valence-electron chi connectivity index (χ0n) is 20.7. The molecule has 0 bridgehead atoms. The Bertz CT molecular complexity index is 1150. The van der Waals surface area contributed by atoms with Gasteiger partial charge in [-0.05, 0) is 61.1 Å². The first-order valence-electron chi connectivity index (χ1n) is 11.0. The SMILES string of the molecule is COC(=O)c1cc(Cl)ccc1OCc1c(C)nc(CC(C)C)c(CN)c1-c1ccc(C)cc1.Cl.Cl. The number of nitrogens with zero attached hydrogens (tertiary/aromatic N) is 1. The van der Waals surface area contributed by atoms with Gasteiger partial charge >= 0.3 is 5.97 Å². The highest BCUT2D eigenvalue weighted by molar-refractivity contribution is 6.31. The number of benzene rings is 2. The maximum Gasteiger partial charge on any atom is 0.341 e. The Kier molecular flexibility index (Phi) is 12.0. The lowest BCUT2D eigenvalue weighted by Gasteiger charge is -2.22. The van der Waals surface area contributed by atoms with Crippen LogP contribution >= 0.6 is 36.4 Å². The van der Waals surface area contributed by atoms with E-state index in [1.165, 1.54) is 12.7 Å². The molecular weight excluding hydrogens is 507 g/mol. The summed E-state index contributed by atoms with van der Waals surface area (Å²) in [5.74, 6) is 0.351. The number of hydrogen-bond acceptors (Lipinski definition) is 5. The van der Waals surface area contributed by atoms with Crippen molar-refractivity contribution >= 4 is 42.4 Å². The number of halogens is 3. The zero-order valence-corrected chi connectivity index (χ0v) is 23.1. The van der Waals surface area contributed by atoms with E-state index in [0.29, 0.717) is 23.2 Å². The fourth-order valence-corrected chi connectivity index (χ4v) is 4.09. The van der Waals surface area contributed by atoms with E-state index in [4.69, 9.17) is 31.8 Å². The summed E-state index contributed by atoms with van der Waals surface area (Å²) in [4.78, 5) is 17.2. The summed E-state index contributed by atoms with van der Waals surface area (Å²) in [6, 6.07) is 13.3. The Morgan fingerprint density at radius 2 is 1.71 bits per heavy atom. The van der Waals surface area contributed by atoms with E-state index in [2.05, 4.69) is 45.0 Å². The predicted octanol–water partition coefficient (Wildman–Crippen LogP) is 6.89. The first-order valence-corrected chi connectivity index (χ1v) is 11.4. The third kappa shape index (κ3) is 7.34. The molecule has 0 radical (unpaired) electrons. The highest BCUT2D eigenvalue weighted by Gasteiger charge is 2.21. The molecule has 1 heterocycles. The van der Waals surface area contributed by atoms with Crippen LogP contribution in [0.5, 0.6) is 5.75 Å². The minimum atomic E-state index is -0.504. The quantitative estimate of drug-likeness (QED) is 0.316. The first kappa shape index (κ1) is 30.7. The molecule has 2 aromatic carbocycles. The van der Waals surface area contributed by atoms with Gasteiger partial charge in [0.2, 0.25) is 0 Å². The molecule has 0 aliphatic heterocycles. The van der Waals surface area contributed by atoms with Crippen molar-refractivity contribution in [1.29, 1.82) is 0 Å². The predicted molar refractivity (Wildman–Crippen MR) is 147 cm³/mol. The summed E-state index contributed by atoms with van der Waals surface area (Å²) < 4.78 is 11.0. The number of aryl methyl sites for hydroxylation is 2. The maximum atomic E-state index is 12.2. The maximum absolute atomic E-state index is 12.2. The van der Waals surface area contributed by atoms with Gasteiger partial charge in [0.15, 0.2) is 0 Å². The van der Waals surface area contributed by atoms with Gasteiger partial charge in [0.05, 0.1) is 7.11 Å². The summed E-state index contributed by atoms with van der Waals surface area (Å²) in [5.41, 5.74) is 13.7. The molecule has 0 unspecified atom stereocenters. The normalized spacial score (nSPS) is 10.4. The van der Waals surface area contributed by atoms with Crippen molar-refractivity contribution in [3.05, 3.63) is 81.1 Å².